The first-order chi connectivity index (χ1) is 8.63. The Balaban J connectivity index is 2.33. The molecule has 1 saturated heterocycles. The predicted octanol–water partition coefficient (Wildman–Crippen LogP) is 2.05. The Morgan fingerprint density at radius 2 is 2.00 bits per heavy atom. The normalized spacial score (nSPS) is 15.6. The van der Waals surface area contributed by atoms with Crippen molar-refractivity contribution in [2.75, 3.05) is 33.3 Å². The molecule has 1 heterocycles. The maximum absolute atomic E-state index is 12.4. The number of amides is 1. The maximum Gasteiger partial charge on any atom is 0.257 e. The second-order valence-electron chi connectivity index (χ2n) is 4.01. The smallest absolute Gasteiger partial charge is 0.257 e. The van der Waals surface area contributed by atoms with Gasteiger partial charge in [-0.1, -0.05) is 23.2 Å². The quantitative estimate of drug-likeness (QED) is 0.906. The molecule has 0 spiro atoms. The van der Waals surface area contributed by atoms with Gasteiger partial charge in [0, 0.05) is 31.2 Å². The van der Waals surface area contributed by atoms with E-state index in [0.717, 1.165) is 13.1 Å². The van der Waals surface area contributed by atoms with E-state index in [1.807, 2.05) is 0 Å². The van der Waals surface area contributed by atoms with Crippen LogP contribution in [0.2, 0.25) is 10.0 Å². The first-order valence-corrected chi connectivity index (χ1v) is 6.42. The number of carbonyl (C=O) groups excluding carboxylic acids is 1. The largest absolute Gasteiger partial charge is 0.494 e. The molecule has 1 aromatic carbocycles. The van der Waals surface area contributed by atoms with Crippen LogP contribution in [0.1, 0.15) is 10.4 Å². The number of benzene rings is 1. The number of rotatable bonds is 2. The molecule has 0 aromatic heterocycles. The number of nitrogens with one attached hydrogen (secondary N) is 1. The molecule has 1 amide bonds. The molecule has 0 bridgehead atoms. The molecule has 0 saturated carbocycles. The van der Waals surface area contributed by atoms with Gasteiger partial charge in [-0.3, -0.25) is 4.79 Å². The molecule has 0 unspecified atom stereocenters. The molecule has 1 aliphatic rings. The van der Waals surface area contributed by atoms with Crippen LogP contribution < -0.4 is 10.1 Å². The van der Waals surface area contributed by atoms with Gasteiger partial charge in [-0.2, -0.15) is 0 Å². The van der Waals surface area contributed by atoms with E-state index in [2.05, 4.69) is 5.32 Å². The summed E-state index contributed by atoms with van der Waals surface area (Å²) in [6, 6.07) is 3.16. The molecule has 1 aliphatic heterocycles. The van der Waals surface area contributed by atoms with Gasteiger partial charge in [0.2, 0.25) is 0 Å². The molecule has 0 aliphatic carbocycles. The van der Waals surface area contributed by atoms with E-state index in [9.17, 15) is 4.79 Å². The summed E-state index contributed by atoms with van der Waals surface area (Å²) in [6.07, 6.45) is 0. The van der Waals surface area contributed by atoms with Crippen molar-refractivity contribution >= 4 is 29.1 Å². The minimum atomic E-state index is -0.0993. The van der Waals surface area contributed by atoms with Gasteiger partial charge >= 0.3 is 0 Å². The van der Waals surface area contributed by atoms with Crippen LogP contribution in [0.15, 0.2) is 12.1 Å². The van der Waals surface area contributed by atoms with Gasteiger partial charge in [0.15, 0.2) is 0 Å². The standard InChI is InChI=1S/C12H14Cl2N2O2/c1-18-11-9(6-8(13)7-10(11)14)12(17)16-4-2-15-3-5-16/h6-7,15H,2-5H2,1H3. The lowest BCUT2D eigenvalue weighted by Crippen LogP contribution is -2.46. The summed E-state index contributed by atoms with van der Waals surface area (Å²) >= 11 is 12.0. The maximum atomic E-state index is 12.4. The minimum absolute atomic E-state index is 0.0993. The third-order valence-corrected chi connectivity index (χ3v) is 3.35. The number of carbonyl (C=O) groups is 1. The number of piperazine rings is 1. The van der Waals surface area contributed by atoms with E-state index in [-0.39, 0.29) is 5.91 Å². The van der Waals surface area contributed by atoms with Crippen molar-refractivity contribution < 1.29 is 9.53 Å². The van der Waals surface area contributed by atoms with Crippen LogP contribution in [-0.2, 0) is 0 Å². The Bertz CT molecular complexity index is 460. The van der Waals surface area contributed by atoms with E-state index in [1.54, 1.807) is 17.0 Å². The van der Waals surface area contributed by atoms with Gasteiger partial charge in [0.25, 0.3) is 5.91 Å². The molecule has 18 heavy (non-hydrogen) atoms. The Labute approximate surface area is 116 Å². The van der Waals surface area contributed by atoms with E-state index < -0.39 is 0 Å². The van der Waals surface area contributed by atoms with Crippen LogP contribution in [-0.4, -0.2) is 44.1 Å². The summed E-state index contributed by atoms with van der Waals surface area (Å²) in [5.74, 6) is 0.280. The Morgan fingerprint density at radius 3 is 2.61 bits per heavy atom. The highest BCUT2D eigenvalue weighted by atomic mass is 35.5. The molecular formula is C12H14Cl2N2O2. The lowest BCUT2D eigenvalue weighted by molar-refractivity contribution is 0.0732. The number of ether oxygens (including phenoxy) is 1. The monoisotopic (exact) mass is 288 g/mol. The van der Waals surface area contributed by atoms with Crippen molar-refractivity contribution in [2.24, 2.45) is 0 Å². The molecule has 4 nitrogen and oxygen atoms in total. The number of methoxy groups -OCH3 is 1. The summed E-state index contributed by atoms with van der Waals surface area (Å²) in [7, 11) is 1.49. The fourth-order valence-corrected chi connectivity index (χ4v) is 2.54. The lowest BCUT2D eigenvalue weighted by Gasteiger charge is -2.28. The second kappa shape index (κ2) is 5.78. The van der Waals surface area contributed by atoms with Crippen molar-refractivity contribution in [3.8, 4) is 5.75 Å². The van der Waals surface area contributed by atoms with Crippen molar-refractivity contribution in [3.05, 3.63) is 27.7 Å². The van der Waals surface area contributed by atoms with Gasteiger partial charge in [-0.25, -0.2) is 0 Å². The van der Waals surface area contributed by atoms with Crippen molar-refractivity contribution in [1.29, 1.82) is 0 Å². The van der Waals surface area contributed by atoms with Crippen LogP contribution in [0.5, 0.6) is 5.75 Å². The Morgan fingerprint density at radius 1 is 1.33 bits per heavy atom. The molecule has 1 aromatic rings. The van der Waals surface area contributed by atoms with Crippen LogP contribution in [0.4, 0.5) is 0 Å². The first-order valence-electron chi connectivity index (χ1n) is 5.66. The summed E-state index contributed by atoms with van der Waals surface area (Å²) in [4.78, 5) is 14.1. The molecule has 2 rings (SSSR count). The Kier molecular flexibility index (Phi) is 4.32. The van der Waals surface area contributed by atoms with Crippen molar-refractivity contribution in [2.45, 2.75) is 0 Å². The van der Waals surface area contributed by atoms with E-state index in [0.29, 0.717) is 34.4 Å². The van der Waals surface area contributed by atoms with Crippen molar-refractivity contribution in [1.82, 2.24) is 10.2 Å². The zero-order valence-corrected chi connectivity index (χ0v) is 11.5. The molecule has 1 fully saturated rings. The summed E-state index contributed by atoms with van der Waals surface area (Å²) < 4.78 is 5.19. The van der Waals surface area contributed by atoms with Crippen LogP contribution in [0, 0.1) is 0 Å². The zero-order chi connectivity index (χ0) is 13.1. The third-order valence-electron chi connectivity index (χ3n) is 2.85. The molecule has 6 heteroatoms. The topological polar surface area (TPSA) is 41.6 Å². The van der Waals surface area contributed by atoms with Gasteiger partial charge in [-0.05, 0) is 12.1 Å². The molecule has 98 valence electrons. The highest BCUT2D eigenvalue weighted by Crippen LogP contribution is 2.32. The van der Waals surface area contributed by atoms with Gasteiger partial charge < -0.3 is 15.0 Å². The second-order valence-corrected chi connectivity index (χ2v) is 4.85. The predicted molar refractivity (Wildman–Crippen MR) is 71.8 cm³/mol. The van der Waals surface area contributed by atoms with Crippen LogP contribution in [0.3, 0.4) is 0 Å². The van der Waals surface area contributed by atoms with Gasteiger partial charge in [-0.15, -0.1) is 0 Å². The fraction of sp³-hybridized carbons (Fsp3) is 0.417. The SMILES string of the molecule is COc1c(Cl)cc(Cl)cc1C(=O)N1CCNCC1. The first kappa shape index (κ1) is 13.5. The van der Waals surface area contributed by atoms with E-state index in [1.165, 1.54) is 7.11 Å². The van der Waals surface area contributed by atoms with Gasteiger partial charge in [0.05, 0.1) is 17.7 Å². The highest BCUT2D eigenvalue weighted by molar-refractivity contribution is 6.36. The molecule has 1 N–H and O–H groups in total. The summed E-state index contributed by atoms with van der Waals surface area (Å²) in [5, 5.41) is 3.98. The number of hydrogen-bond acceptors (Lipinski definition) is 3. The van der Waals surface area contributed by atoms with Crippen LogP contribution in [0.25, 0.3) is 0 Å². The van der Waals surface area contributed by atoms with E-state index >= 15 is 0 Å². The van der Waals surface area contributed by atoms with E-state index in [4.69, 9.17) is 27.9 Å². The third kappa shape index (κ3) is 2.71. The number of hydrogen-bond donors (Lipinski definition) is 1. The minimum Gasteiger partial charge on any atom is -0.494 e. The molecule has 0 radical (unpaired) electrons. The summed E-state index contributed by atoms with van der Waals surface area (Å²) in [5.41, 5.74) is 0.414. The fourth-order valence-electron chi connectivity index (χ4n) is 1.96. The number of halogens is 2. The average molecular weight is 289 g/mol. The Hall–Kier alpha value is -0.970. The molecule has 0 atom stereocenters. The lowest BCUT2D eigenvalue weighted by atomic mass is 10.1. The van der Waals surface area contributed by atoms with Crippen LogP contribution >= 0.6 is 23.2 Å². The van der Waals surface area contributed by atoms with Gasteiger partial charge in [0.1, 0.15) is 5.75 Å². The average Bonchev–Trinajstić information content (AvgIpc) is 2.38. The number of nitrogens with zero attached hydrogens (tertiary/aromatic N) is 1. The highest BCUT2D eigenvalue weighted by Gasteiger charge is 2.23. The molecular weight excluding hydrogens is 275 g/mol. The van der Waals surface area contributed by atoms with Crippen molar-refractivity contribution in [3.63, 3.8) is 0 Å². The summed E-state index contributed by atoms with van der Waals surface area (Å²) in [6.45, 7) is 2.93. The zero-order valence-electron chi connectivity index (χ0n) is 10.0.